The number of amides is 2. The number of carbonyl (C=O) groups excluding carboxylic acids is 3. The summed E-state index contributed by atoms with van der Waals surface area (Å²) in [5, 5.41) is 15.9. The van der Waals surface area contributed by atoms with Crippen molar-refractivity contribution < 1.29 is 24.0 Å². The highest BCUT2D eigenvalue weighted by atomic mass is 32.2. The molecule has 3 rings (SSSR count). The third kappa shape index (κ3) is 4.46. The molecule has 0 saturated carbocycles. The van der Waals surface area contributed by atoms with Crippen LogP contribution in [0.1, 0.15) is 17.3 Å². The lowest BCUT2D eigenvalue weighted by molar-refractivity contribution is -0.384. The minimum atomic E-state index is -1.13. The van der Waals surface area contributed by atoms with Crippen molar-refractivity contribution >= 4 is 46.6 Å². The first-order valence-corrected chi connectivity index (χ1v) is 9.15. The molecule has 1 heterocycles. The van der Waals surface area contributed by atoms with Crippen LogP contribution in [0.15, 0.2) is 47.4 Å². The second kappa shape index (κ2) is 8.09. The van der Waals surface area contributed by atoms with Gasteiger partial charge in [-0.2, -0.15) is 0 Å². The van der Waals surface area contributed by atoms with Crippen LogP contribution in [-0.2, 0) is 14.3 Å². The van der Waals surface area contributed by atoms with Crippen molar-refractivity contribution in [3.05, 3.63) is 58.1 Å². The SMILES string of the molecule is C[C@H](OC(=O)c1ccc2c(c1)NC(=O)CS2)C(=O)Nc1cccc([N+](=O)[O-])c1. The Labute approximate surface area is 163 Å². The molecule has 1 aliphatic heterocycles. The smallest absolute Gasteiger partial charge is 0.338 e. The van der Waals surface area contributed by atoms with Crippen LogP contribution in [0.2, 0.25) is 0 Å². The second-order valence-corrected chi connectivity index (χ2v) is 6.91. The molecular formula is C18H15N3O6S. The second-order valence-electron chi connectivity index (χ2n) is 5.89. The van der Waals surface area contributed by atoms with Crippen molar-refractivity contribution in [3.63, 3.8) is 0 Å². The Bertz CT molecular complexity index is 978. The van der Waals surface area contributed by atoms with Crippen LogP contribution in [0.5, 0.6) is 0 Å². The Morgan fingerprint density at radius 2 is 2.07 bits per heavy atom. The van der Waals surface area contributed by atoms with Gasteiger partial charge >= 0.3 is 5.97 Å². The van der Waals surface area contributed by atoms with Crippen LogP contribution in [0.4, 0.5) is 17.1 Å². The van der Waals surface area contributed by atoms with E-state index in [0.29, 0.717) is 11.4 Å². The number of thioether (sulfide) groups is 1. The van der Waals surface area contributed by atoms with E-state index in [-0.39, 0.29) is 22.8 Å². The lowest BCUT2D eigenvalue weighted by atomic mass is 10.2. The third-order valence-electron chi connectivity index (χ3n) is 3.83. The van der Waals surface area contributed by atoms with Crippen LogP contribution in [0.25, 0.3) is 0 Å². The summed E-state index contributed by atoms with van der Waals surface area (Å²) in [5.74, 6) is -1.20. The van der Waals surface area contributed by atoms with Gasteiger partial charge in [-0.15, -0.1) is 11.8 Å². The summed E-state index contributed by atoms with van der Waals surface area (Å²) in [4.78, 5) is 47.1. The van der Waals surface area contributed by atoms with Crippen molar-refractivity contribution in [2.45, 2.75) is 17.9 Å². The zero-order valence-corrected chi connectivity index (χ0v) is 15.4. The molecule has 2 N–H and O–H groups in total. The summed E-state index contributed by atoms with van der Waals surface area (Å²) in [6.45, 7) is 1.39. The number of anilines is 2. The molecule has 0 fully saturated rings. The normalized spacial score (nSPS) is 13.7. The average molecular weight is 401 g/mol. The fourth-order valence-corrected chi connectivity index (χ4v) is 3.22. The number of benzene rings is 2. The maximum Gasteiger partial charge on any atom is 0.338 e. The summed E-state index contributed by atoms with van der Waals surface area (Å²) in [6, 6.07) is 10.2. The Kier molecular flexibility index (Phi) is 5.59. The molecule has 10 heteroatoms. The van der Waals surface area contributed by atoms with Crippen LogP contribution in [0, 0.1) is 10.1 Å². The summed E-state index contributed by atoms with van der Waals surface area (Å²) in [6.07, 6.45) is -1.13. The molecule has 0 spiro atoms. The summed E-state index contributed by atoms with van der Waals surface area (Å²) in [7, 11) is 0. The monoisotopic (exact) mass is 401 g/mol. The number of hydrogen-bond donors (Lipinski definition) is 2. The number of nitrogens with zero attached hydrogens (tertiary/aromatic N) is 1. The Balaban J connectivity index is 1.64. The Morgan fingerprint density at radius 3 is 2.82 bits per heavy atom. The number of non-ortho nitro benzene ring substituents is 1. The number of carbonyl (C=O) groups is 3. The van der Waals surface area contributed by atoms with Crippen molar-refractivity contribution in [1.82, 2.24) is 0 Å². The first-order chi connectivity index (χ1) is 13.3. The maximum absolute atomic E-state index is 12.3. The van der Waals surface area contributed by atoms with Gasteiger partial charge in [0.1, 0.15) is 0 Å². The molecule has 2 amide bonds. The van der Waals surface area contributed by atoms with Crippen LogP contribution >= 0.6 is 11.8 Å². The van der Waals surface area contributed by atoms with E-state index in [1.54, 1.807) is 12.1 Å². The molecular weight excluding hydrogens is 386 g/mol. The third-order valence-corrected chi connectivity index (χ3v) is 4.90. The zero-order chi connectivity index (χ0) is 20.3. The molecule has 0 radical (unpaired) electrons. The predicted molar refractivity (Wildman–Crippen MR) is 102 cm³/mol. The number of nitro groups is 1. The predicted octanol–water partition coefficient (Wildman–Crippen LogP) is 2.82. The molecule has 0 aliphatic carbocycles. The molecule has 0 saturated heterocycles. The molecule has 2 aromatic carbocycles. The highest BCUT2D eigenvalue weighted by molar-refractivity contribution is 8.00. The quantitative estimate of drug-likeness (QED) is 0.448. The van der Waals surface area contributed by atoms with Crippen molar-refractivity contribution in [2.24, 2.45) is 0 Å². The van der Waals surface area contributed by atoms with Gasteiger partial charge in [0.25, 0.3) is 11.6 Å². The van der Waals surface area contributed by atoms with Gasteiger partial charge in [0.05, 0.1) is 21.9 Å². The number of esters is 1. The van der Waals surface area contributed by atoms with E-state index in [1.807, 2.05) is 0 Å². The highest BCUT2D eigenvalue weighted by Gasteiger charge is 2.22. The molecule has 9 nitrogen and oxygen atoms in total. The first-order valence-electron chi connectivity index (χ1n) is 8.16. The number of nitro benzene ring substituents is 1. The van der Waals surface area contributed by atoms with Crippen LogP contribution in [-0.4, -0.2) is 34.6 Å². The van der Waals surface area contributed by atoms with E-state index >= 15 is 0 Å². The van der Waals surface area contributed by atoms with E-state index in [9.17, 15) is 24.5 Å². The van der Waals surface area contributed by atoms with E-state index in [2.05, 4.69) is 10.6 Å². The number of rotatable bonds is 5. The zero-order valence-electron chi connectivity index (χ0n) is 14.6. The fourth-order valence-electron chi connectivity index (χ4n) is 2.43. The number of nitrogens with one attached hydrogen (secondary N) is 2. The van der Waals surface area contributed by atoms with E-state index in [4.69, 9.17) is 4.74 Å². The van der Waals surface area contributed by atoms with Gasteiger partial charge in [-0.1, -0.05) is 6.07 Å². The van der Waals surface area contributed by atoms with E-state index < -0.39 is 22.9 Å². The minimum absolute atomic E-state index is 0.160. The van der Waals surface area contributed by atoms with Gasteiger partial charge in [0.15, 0.2) is 6.10 Å². The number of ether oxygens (including phenoxy) is 1. The van der Waals surface area contributed by atoms with Crippen molar-refractivity contribution in [3.8, 4) is 0 Å². The van der Waals surface area contributed by atoms with E-state index in [1.165, 1.54) is 49.0 Å². The topological polar surface area (TPSA) is 128 Å². The average Bonchev–Trinajstić information content (AvgIpc) is 2.67. The number of hydrogen-bond acceptors (Lipinski definition) is 7. The van der Waals surface area contributed by atoms with Gasteiger partial charge in [-0.3, -0.25) is 19.7 Å². The highest BCUT2D eigenvalue weighted by Crippen LogP contribution is 2.32. The van der Waals surface area contributed by atoms with Crippen molar-refractivity contribution in [1.29, 1.82) is 0 Å². The van der Waals surface area contributed by atoms with Gasteiger partial charge in [-0.25, -0.2) is 4.79 Å². The maximum atomic E-state index is 12.3. The molecule has 0 aromatic heterocycles. The van der Waals surface area contributed by atoms with Gasteiger partial charge < -0.3 is 15.4 Å². The molecule has 0 bridgehead atoms. The fraction of sp³-hybridized carbons (Fsp3) is 0.167. The standard InChI is InChI=1S/C18H15N3O6S/c1-10(17(23)19-12-3-2-4-13(8-12)21(25)26)27-18(24)11-5-6-15-14(7-11)20-16(22)9-28-15/h2-8,10H,9H2,1H3,(H,19,23)(H,20,22)/t10-/m0/s1. The molecule has 1 atom stereocenters. The Hall–Kier alpha value is -3.40. The molecule has 28 heavy (non-hydrogen) atoms. The largest absolute Gasteiger partial charge is 0.449 e. The lowest BCUT2D eigenvalue weighted by Gasteiger charge is -2.17. The summed E-state index contributed by atoms with van der Waals surface area (Å²) in [5.41, 5.74) is 0.757. The first kappa shape index (κ1) is 19.4. The van der Waals surface area contributed by atoms with Gasteiger partial charge in [-0.05, 0) is 31.2 Å². The van der Waals surface area contributed by atoms with Crippen molar-refractivity contribution in [2.75, 3.05) is 16.4 Å². The lowest BCUT2D eigenvalue weighted by Crippen LogP contribution is -2.30. The van der Waals surface area contributed by atoms with Crippen LogP contribution < -0.4 is 10.6 Å². The molecule has 1 aliphatic rings. The molecule has 0 unspecified atom stereocenters. The summed E-state index contributed by atoms with van der Waals surface area (Å²) >= 11 is 1.36. The summed E-state index contributed by atoms with van der Waals surface area (Å²) < 4.78 is 5.16. The molecule has 2 aromatic rings. The number of fused-ring (bicyclic) bond motifs is 1. The van der Waals surface area contributed by atoms with Crippen LogP contribution in [0.3, 0.4) is 0 Å². The minimum Gasteiger partial charge on any atom is -0.449 e. The Morgan fingerprint density at radius 1 is 1.29 bits per heavy atom. The van der Waals surface area contributed by atoms with E-state index in [0.717, 1.165) is 4.90 Å². The molecule has 144 valence electrons. The van der Waals surface area contributed by atoms with Gasteiger partial charge in [0.2, 0.25) is 5.91 Å². The van der Waals surface area contributed by atoms with Gasteiger partial charge in [0, 0.05) is 22.7 Å².